The van der Waals surface area contributed by atoms with E-state index in [-0.39, 0.29) is 29.2 Å². The Bertz CT molecular complexity index is 881. The molecule has 0 saturated carbocycles. The first-order chi connectivity index (χ1) is 13.4. The van der Waals surface area contributed by atoms with E-state index in [9.17, 15) is 14.4 Å². The van der Waals surface area contributed by atoms with E-state index in [1.54, 1.807) is 30.3 Å². The highest BCUT2D eigenvalue weighted by molar-refractivity contribution is 8.15. The van der Waals surface area contributed by atoms with Crippen molar-refractivity contribution in [2.24, 2.45) is 0 Å². The van der Waals surface area contributed by atoms with E-state index in [0.717, 1.165) is 22.9 Å². The van der Waals surface area contributed by atoms with Crippen molar-refractivity contribution in [2.45, 2.75) is 31.1 Å². The van der Waals surface area contributed by atoms with E-state index >= 15 is 0 Å². The molecule has 146 valence electrons. The molecule has 1 aliphatic rings. The van der Waals surface area contributed by atoms with Gasteiger partial charge in [0.1, 0.15) is 12.4 Å². The van der Waals surface area contributed by atoms with Crippen LogP contribution in [0.4, 0.5) is 0 Å². The number of Topliss-reactive ketones (excluding diaryl/α,β-unsaturated/α-hetero) is 1. The number of rotatable bonds is 7. The number of hydrogen-bond donors (Lipinski definition) is 0. The number of benzene rings is 2. The molecule has 1 unspecified atom stereocenters. The topological polar surface area (TPSA) is 69.7 Å². The van der Waals surface area contributed by atoms with E-state index in [4.69, 9.17) is 21.1 Å². The van der Waals surface area contributed by atoms with Crippen molar-refractivity contribution < 1.29 is 23.9 Å². The maximum atomic E-state index is 11.8. The van der Waals surface area contributed by atoms with Gasteiger partial charge in [0, 0.05) is 11.9 Å². The fraction of sp³-hybridized carbons (Fsp3) is 0.286. The van der Waals surface area contributed by atoms with Crippen molar-refractivity contribution in [3.8, 4) is 5.75 Å². The Morgan fingerprint density at radius 1 is 1.21 bits per heavy atom. The lowest BCUT2D eigenvalue weighted by molar-refractivity contribution is -0.148. The second kappa shape index (κ2) is 9.26. The highest BCUT2D eigenvalue weighted by Gasteiger charge is 2.31. The van der Waals surface area contributed by atoms with Gasteiger partial charge in [0.05, 0.1) is 11.7 Å². The minimum atomic E-state index is -0.575. The summed E-state index contributed by atoms with van der Waals surface area (Å²) in [6, 6.07) is 14.4. The molecule has 7 heteroatoms. The molecule has 0 spiro atoms. The molecule has 2 atom stereocenters. The van der Waals surface area contributed by atoms with Gasteiger partial charge < -0.3 is 9.47 Å². The second-order valence-electron chi connectivity index (χ2n) is 6.43. The Morgan fingerprint density at radius 3 is 2.57 bits per heavy atom. The zero-order valence-corrected chi connectivity index (χ0v) is 16.8. The first-order valence-corrected chi connectivity index (χ1v) is 10.0. The molecule has 0 radical (unpaired) electrons. The van der Waals surface area contributed by atoms with Crippen LogP contribution in [0.2, 0.25) is 5.02 Å². The zero-order valence-electron chi connectivity index (χ0n) is 15.2. The normalized spacial score (nSPS) is 17.4. The molecule has 28 heavy (non-hydrogen) atoms. The molecule has 0 N–H and O–H groups in total. The molecule has 5 nitrogen and oxygen atoms in total. The maximum absolute atomic E-state index is 11.8. The highest BCUT2D eigenvalue weighted by Crippen LogP contribution is 2.28. The van der Waals surface area contributed by atoms with Crippen LogP contribution in [-0.4, -0.2) is 28.7 Å². The summed E-state index contributed by atoms with van der Waals surface area (Å²) >= 11 is 7.13. The van der Waals surface area contributed by atoms with Crippen LogP contribution in [-0.2, 0) is 25.5 Å². The number of halogens is 1. The molecule has 0 bridgehead atoms. The summed E-state index contributed by atoms with van der Waals surface area (Å²) < 4.78 is 11.1. The summed E-state index contributed by atoms with van der Waals surface area (Å²) in [5.41, 5.74) is 1.71. The number of ether oxygens (including phenoxy) is 2. The Morgan fingerprint density at radius 2 is 1.96 bits per heavy atom. The highest BCUT2D eigenvalue weighted by atomic mass is 35.5. The van der Waals surface area contributed by atoms with Crippen molar-refractivity contribution in [1.29, 1.82) is 0 Å². The Kier molecular flexibility index (Phi) is 6.75. The number of hydrogen-bond acceptors (Lipinski definition) is 6. The number of carbonyl (C=O) groups excluding carboxylic acids is 3. The molecule has 0 amide bonds. The van der Waals surface area contributed by atoms with Gasteiger partial charge in [-0.05, 0) is 41.8 Å². The van der Waals surface area contributed by atoms with Gasteiger partial charge in [-0.15, -0.1) is 0 Å². The van der Waals surface area contributed by atoms with Crippen LogP contribution in [0.5, 0.6) is 5.75 Å². The summed E-state index contributed by atoms with van der Waals surface area (Å²) in [6.45, 7) is 1.49. The Labute approximate surface area is 172 Å². The number of esters is 1. The molecule has 2 aromatic rings. The van der Waals surface area contributed by atoms with Gasteiger partial charge >= 0.3 is 5.97 Å². The zero-order chi connectivity index (χ0) is 20.1. The smallest absolute Gasteiger partial charge is 0.303 e. The van der Waals surface area contributed by atoms with Crippen LogP contribution in [0.3, 0.4) is 0 Å². The third-order valence-electron chi connectivity index (χ3n) is 4.23. The van der Waals surface area contributed by atoms with Crippen molar-refractivity contribution >= 4 is 40.2 Å². The van der Waals surface area contributed by atoms with Crippen LogP contribution in [0.25, 0.3) is 0 Å². The largest absolute Gasteiger partial charge is 0.489 e. The standard InChI is InChI=1S/C21H19ClO5S/c1-13(23)27-19(15-3-2-4-16(22)10-15)12-26-17-7-5-14(6-8-17)9-20-18(24)11-21(25)28-20/h2-8,10,19-20H,9,11-12H2,1H3/t19-,20?/m0/s1. The summed E-state index contributed by atoms with van der Waals surface area (Å²) in [6.07, 6.45) is -0.0273. The van der Waals surface area contributed by atoms with E-state index in [1.165, 1.54) is 6.92 Å². The lowest BCUT2D eigenvalue weighted by Crippen LogP contribution is -2.16. The summed E-state index contributed by atoms with van der Waals surface area (Å²) in [4.78, 5) is 34.5. The third kappa shape index (κ3) is 5.59. The lowest BCUT2D eigenvalue weighted by Gasteiger charge is -2.18. The van der Waals surface area contributed by atoms with Crippen molar-refractivity contribution in [3.05, 3.63) is 64.7 Å². The van der Waals surface area contributed by atoms with E-state index in [1.807, 2.05) is 18.2 Å². The number of carbonyl (C=O) groups is 3. The summed E-state index contributed by atoms with van der Waals surface area (Å²) in [5, 5.41) is 0.194. The van der Waals surface area contributed by atoms with Gasteiger partial charge in [-0.2, -0.15) is 0 Å². The molecular weight excluding hydrogens is 400 g/mol. The minimum absolute atomic E-state index is 0.0129. The molecule has 1 heterocycles. The van der Waals surface area contributed by atoms with Gasteiger partial charge in [-0.25, -0.2) is 0 Å². The molecule has 1 aliphatic heterocycles. The van der Waals surface area contributed by atoms with Gasteiger partial charge in [0.2, 0.25) is 0 Å². The fourth-order valence-electron chi connectivity index (χ4n) is 2.89. The van der Waals surface area contributed by atoms with Crippen molar-refractivity contribution in [2.75, 3.05) is 6.61 Å². The summed E-state index contributed by atoms with van der Waals surface area (Å²) in [7, 11) is 0. The van der Waals surface area contributed by atoms with Crippen LogP contribution in [0, 0.1) is 0 Å². The van der Waals surface area contributed by atoms with Crippen molar-refractivity contribution in [3.63, 3.8) is 0 Å². The monoisotopic (exact) mass is 418 g/mol. The van der Waals surface area contributed by atoms with Crippen LogP contribution >= 0.6 is 23.4 Å². The predicted molar refractivity (Wildman–Crippen MR) is 108 cm³/mol. The van der Waals surface area contributed by atoms with Gasteiger partial charge in [-0.1, -0.05) is 47.6 Å². The lowest BCUT2D eigenvalue weighted by atomic mass is 10.1. The van der Waals surface area contributed by atoms with E-state index in [0.29, 0.717) is 17.2 Å². The first-order valence-electron chi connectivity index (χ1n) is 8.77. The van der Waals surface area contributed by atoms with E-state index < -0.39 is 12.1 Å². The molecule has 1 fully saturated rings. The molecule has 1 saturated heterocycles. The average molecular weight is 419 g/mol. The molecule has 0 aliphatic carbocycles. The molecule has 0 aromatic heterocycles. The van der Waals surface area contributed by atoms with Gasteiger partial charge in [0.25, 0.3) is 0 Å². The molecule has 2 aromatic carbocycles. The van der Waals surface area contributed by atoms with Crippen LogP contribution in [0.15, 0.2) is 48.5 Å². The van der Waals surface area contributed by atoms with Crippen LogP contribution in [0.1, 0.15) is 30.6 Å². The Balaban J connectivity index is 1.61. The maximum Gasteiger partial charge on any atom is 0.303 e. The quantitative estimate of drug-likeness (QED) is 0.496. The Hall–Kier alpha value is -2.31. The SMILES string of the molecule is CC(=O)O[C@@H](COc1ccc(CC2SC(=O)CC2=O)cc1)c1cccc(Cl)c1. The van der Waals surface area contributed by atoms with E-state index in [2.05, 4.69) is 0 Å². The first kappa shape index (κ1) is 20.4. The predicted octanol–water partition coefficient (Wildman–Crippen LogP) is 4.17. The van der Waals surface area contributed by atoms with Crippen molar-refractivity contribution in [1.82, 2.24) is 0 Å². The minimum Gasteiger partial charge on any atom is -0.489 e. The number of ketones is 1. The van der Waals surface area contributed by atoms with Gasteiger partial charge in [-0.3, -0.25) is 14.4 Å². The van der Waals surface area contributed by atoms with Gasteiger partial charge in [0.15, 0.2) is 17.0 Å². The molecule has 3 rings (SSSR count). The summed E-state index contributed by atoms with van der Waals surface area (Å²) in [5.74, 6) is 0.197. The third-order valence-corrected chi connectivity index (χ3v) is 5.58. The molecular formula is C21H19ClO5S. The second-order valence-corrected chi connectivity index (χ2v) is 8.13. The number of thioether (sulfide) groups is 1. The fourth-order valence-corrected chi connectivity index (χ4v) is 4.12. The van der Waals surface area contributed by atoms with Crippen LogP contribution < -0.4 is 4.74 Å². The average Bonchev–Trinajstić information content (AvgIpc) is 2.96.